The summed E-state index contributed by atoms with van der Waals surface area (Å²) in [5.74, 6) is 1.14. The van der Waals surface area contributed by atoms with Crippen LogP contribution in [0, 0.1) is 10.1 Å². The molecular formula is C11H13N5O2. The molecular weight excluding hydrogens is 234 g/mol. The van der Waals surface area contributed by atoms with Gasteiger partial charge in [0.1, 0.15) is 5.82 Å². The smallest absolute Gasteiger partial charge is 0.270 e. The van der Waals surface area contributed by atoms with Crippen LogP contribution in [0.25, 0.3) is 11.4 Å². The zero-order chi connectivity index (χ0) is 13.1. The lowest BCUT2D eigenvalue weighted by molar-refractivity contribution is -0.384. The molecule has 2 rings (SSSR count). The molecule has 3 N–H and O–H groups in total. The fourth-order valence-corrected chi connectivity index (χ4v) is 1.62. The average molecular weight is 247 g/mol. The summed E-state index contributed by atoms with van der Waals surface area (Å²) < 4.78 is 0. The highest BCUT2D eigenvalue weighted by atomic mass is 16.6. The van der Waals surface area contributed by atoms with Gasteiger partial charge in [0.15, 0.2) is 5.82 Å². The number of nitrogens with zero attached hydrogens (tertiary/aromatic N) is 3. The number of nitrogen functional groups attached to an aromatic ring is 1. The van der Waals surface area contributed by atoms with E-state index in [4.69, 9.17) is 5.73 Å². The Morgan fingerprint density at radius 1 is 1.50 bits per heavy atom. The molecule has 0 amide bonds. The van der Waals surface area contributed by atoms with Crippen molar-refractivity contribution in [2.24, 2.45) is 0 Å². The molecule has 0 aliphatic carbocycles. The second-order valence-electron chi connectivity index (χ2n) is 3.88. The van der Waals surface area contributed by atoms with E-state index in [1.807, 2.05) is 6.92 Å². The van der Waals surface area contributed by atoms with Gasteiger partial charge >= 0.3 is 0 Å². The Kier molecular flexibility index (Phi) is 3.22. The number of hydrogen-bond donors (Lipinski definition) is 2. The lowest BCUT2D eigenvalue weighted by atomic mass is 10.1. The predicted octanol–water partition coefficient (Wildman–Crippen LogP) is 1.91. The van der Waals surface area contributed by atoms with E-state index < -0.39 is 4.92 Å². The third kappa shape index (κ3) is 2.29. The number of aromatic nitrogens is 3. The van der Waals surface area contributed by atoms with Crippen molar-refractivity contribution in [1.82, 2.24) is 15.2 Å². The molecule has 1 aromatic carbocycles. The maximum atomic E-state index is 10.7. The first kappa shape index (κ1) is 12.0. The number of rotatable bonds is 4. The van der Waals surface area contributed by atoms with Gasteiger partial charge in [0.2, 0.25) is 0 Å². The Bertz CT molecular complexity index is 579. The molecule has 0 saturated heterocycles. The van der Waals surface area contributed by atoms with E-state index in [1.165, 1.54) is 18.2 Å². The minimum Gasteiger partial charge on any atom is -0.398 e. The van der Waals surface area contributed by atoms with Crippen molar-refractivity contribution in [3.05, 3.63) is 34.1 Å². The zero-order valence-corrected chi connectivity index (χ0v) is 9.88. The molecule has 0 fully saturated rings. The Morgan fingerprint density at radius 2 is 2.28 bits per heavy atom. The van der Waals surface area contributed by atoms with Crippen molar-refractivity contribution in [1.29, 1.82) is 0 Å². The first-order chi connectivity index (χ1) is 8.61. The van der Waals surface area contributed by atoms with Gasteiger partial charge in [0.25, 0.3) is 5.69 Å². The summed E-state index contributed by atoms with van der Waals surface area (Å²) in [6.07, 6.45) is 1.72. The molecule has 7 heteroatoms. The maximum absolute atomic E-state index is 10.7. The molecule has 18 heavy (non-hydrogen) atoms. The number of hydrogen-bond acceptors (Lipinski definition) is 5. The van der Waals surface area contributed by atoms with E-state index in [0.717, 1.165) is 18.7 Å². The molecule has 2 aromatic rings. The second-order valence-corrected chi connectivity index (χ2v) is 3.88. The van der Waals surface area contributed by atoms with Crippen molar-refractivity contribution in [2.75, 3.05) is 5.73 Å². The van der Waals surface area contributed by atoms with Crippen molar-refractivity contribution in [3.8, 4) is 11.4 Å². The molecule has 7 nitrogen and oxygen atoms in total. The van der Waals surface area contributed by atoms with E-state index in [2.05, 4.69) is 15.2 Å². The monoisotopic (exact) mass is 247 g/mol. The van der Waals surface area contributed by atoms with Gasteiger partial charge in [0, 0.05) is 24.2 Å². The first-order valence-corrected chi connectivity index (χ1v) is 5.57. The van der Waals surface area contributed by atoms with E-state index in [0.29, 0.717) is 17.1 Å². The lowest BCUT2D eigenvalue weighted by Crippen LogP contribution is -1.95. The summed E-state index contributed by atoms with van der Waals surface area (Å²) in [4.78, 5) is 14.5. The van der Waals surface area contributed by atoms with Crippen molar-refractivity contribution in [3.63, 3.8) is 0 Å². The first-order valence-electron chi connectivity index (χ1n) is 5.57. The number of nitro groups is 1. The van der Waals surface area contributed by atoms with Gasteiger partial charge in [0.05, 0.1) is 10.5 Å². The van der Waals surface area contributed by atoms with Crippen LogP contribution >= 0.6 is 0 Å². The van der Waals surface area contributed by atoms with Crippen LogP contribution in [0.5, 0.6) is 0 Å². The summed E-state index contributed by atoms with van der Waals surface area (Å²) in [7, 11) is 0. The molecule has 0 aliphatic rings. The van der Waals surface area contributed by atoms with Gasteiger partial charge in [-0.05, 0) is 12.5 Å². The van der Waals surface area contributed by atoms with Crippen LogP contribution in [0.2, 0.25) is 0 Å². The molecule has 0 unspecified atom stereocenters. The summed E-state index contributed by atoms with van der Waals surface area (Å²) >= 11 is 0. The van der Waals surface area contributed by atoms with Gasteiger partial charge in [-0.3, -0.25) is 15.2 Å². The van der Waals surface area contributed by atoms with Gasteiger partial charge in [-0.1, -0.05) is 6.92 Å². The Labute approximate surface area is 103 Å². The number of anilines is 1. The third-order valence-corrected chi connectivity index (χ3v) is 2.51. The predicted molar refractivity (Wildman–Crippen MR) is 66.9 cm³/mol. The fourth-order valence-electron chi connectivity index (χ4n) is 1.62. The van der Waals surface area contributed by atoms with E-state index >= 15 is 0 Å². The van der Waals surface area contributed by atoms with Gasteiger partial charge in [-0.2, -0.15) is 5.10 Å². The molecule has 0 aliphatic heterocycles. The number of nitrogens with one attached hydrogen (secondary N) is 1. The molecule has 0 bridgehead atoms. The highest BCUT2D eigenvalue weighted by molar-refractivity contribution is 5.73. The highest BCUT2D eigenvalue weighted by Gasteiger charge is 2.14. The summed E-state index contributed by atoms with van der Waals surface area (Å²) in [5.41, 5.74) is 6.66. The van der Waals surface area contributed by atoms with Crippen molar-refractivity contribution in [2.45, 2.75) is 19.8 Å². The fraction of sp³-hybridized carbons (Fsp3) is 0.273. The largest absolute Gasteiger partial charge is 0.398 e. The van der Waals surface area contributed by atoms with Gasteiger partial charge in [-0.25, -0.2) is 4.98 Å². The number of nitro benzene ring substituents is 1. The highest BCUT2D eigenvalue weighted by Crippen LogP contribution is 2.27. The number of nitrogens with two attached hydrogens (primary N) is 1. The van der Waals surface area contributed by atoms with Crippen molar-refractivity contribution >= 4 is 11.4 Å². The third-order valence-electron chi connectivity index (χ3n) is 2.51. The minimum absolute atomic E-state index is 0.0268. The standard InChI is InChI=1S/C11H13N5O2/c1-2-3-10-13-11(15-14-10)8-6-7(16(17)18)4-5-9(8)12/h4-6H,2-3,12H2,1H3,(H,13,14,15). The van der Waals surface area contributed by atoms with E-state index in [-0.39, 0.29) is 5.69 Å². The number of aromatic amines is 1. The van der Waals surface area contributed by atoms with Crippen LogP contribution in [0.3, 0.4) is 0 Å². The molecule has 0 saturated carbocycles. The van der Waals surface area contributed by atoms with Crippen LogP contribution in [0.4, 0.5) is 11.4 Å². The van der Waals surface area contributed by atoms with Crippen LogP contribution < -0.4 is 5.73 Å². The van der Waals surface area contributed by atoms with Crippen LogP contribution in [0.1, 0.15) is 19.2 Å². The average Bonchev–Trinajstić information content (AvgIpc) is 2.78. The molecule has 0 radical (unpaired) electrons. The van der Waals surface area contributed by atoms with Crippen LogP contribution in [-0.4, -0.2) is 20.1 Å². The quantitative estimate of drug-likeness (QED) is 0.487. The Morgan fingerprint density at radius 3 is 2.94 bits per heavy atom. The van der Waals surface area contributed by atoms with Gasteiger partial charge < -0.3 is 5.73 Å². The summed E-state index contributed by atoms with van der Waals surface area (Å²) in [5, 5.41) is 17.5. The minimum atomic E-state index is -0.470. The molecule has 0 atom stereocenters. The molecule has 1 aromatic heterocycles. The Hall–Kier alpha value is -2.44. The van der Waals surface area contributed by atoms with E-state index in [1.54, 1.807) is 0 Å². The summed E-state index contributed by atoms with van der Waals surface area (Å²) in [6, 6.07) is 4.23. The lowest BCUT2D eigenvalue weighted by Gasteiger charge is -2.00. The zero-order valence-electron chi connectivity index (χ0n) is 9.88. The number of H-pyrrole nitrogens is 1. The second kappa shape index (κ2) is 4.82. The SMILES string of the molecule is CCCc1nc(-c2cc([N+](=O)[O-])ccc2N)n[nH]1. The van der Waals surface area contributed by atoms with Crippen LogP contribution in [-0.2, 0) is 6.42 Å². The van der Waals surface area contributed by atoms with E-state index in [9.17, 15) is 10.1 Å². The topological polar surface area (TPSA) is 111 Å². The Balaban J connectivity index is 2.41. The maximum Gasteiger partial charge on any atom is 0.270 e. The van der Waals surface area contributed by atoms with Gasteiger partial charge in [-0.15, -0.1) is 0 Å². The number of aryl methyl sites for hydroxylation is 1. The number of benzene rings is 1. The van der Waals surface area contributed by atoms with Crippen LogP contribution in [0.15, 0.2) is 18.2 Å². The summed E-state index contributed by atoms with van der Waals surface area (Å²) in [6.45, 7) is 2.03. The normalized spacial score (nSPS) is 10.5. The molecule has 1 heterocycles. The van der Waals surface area contributed by atoms with Crippen molar-refractivity contribution < 1.29 is 4.92 Å². The molecule has 0 spiro atoms. The molecule has 94 valence electrons. The number of non-ortho nitro benzene ring substituents is 1.